The third-order valence-corrected chi connectivity index (χ3v) is 9.30. The Bertz CT molecular complexity index is 2430. The minimum Gasteiger partial charge on any atom is -0.483 e. The van der Waals surface area contributed by atoms with Gasteiger partial charge >= 0.3 is 0 Å². The minimum absolute atomic E-state index is 0.0423. The molecule has 258 valence electrons. The molecular weight excluding hydrogens is 776 g/mol. The monoisotopic (exact) mass is 796 g/mol. The summed E-state index contributed by atoms with van der Waals surface area (Å²) >= 11 is 5.89. The lowest BCUT2D eigenvalue weighted by Gasteiger charge is -2.08. The van der Waals surface area contributed by atoms with Crippen molar-refractivity contribution < 1.29 is 36.6 Å². The van der Waals surface area contributed by atoms with Gasteiger partial charge in [0.25, 0.3) is 11.8 Å². The highest BCUT2D eigenvalue weighted by Gasteiger charge is 2.21. The number of amides is 2. The Kier molecular flexibility index (Phi) is 10.5. The second-order valence-electron chi connectivity index (χ2n) is 10.4. The van der Waals surface area contributed by atoms with Crippen molar-refractivity contribution in [2.45, 2.75) is 13.2 Å². The highest BCUT2D eigenvalue weighted by atomic mass is 79.9. The van der Waals surface area contributed by atoms with Crippen molar-refractivity contribution in [3.05, 3.63) is 128 Å². The van der Waals surface area contributed by atoms with Gasteiger partial charge in [0, 0.05) is 22.4 Å². The summed E-state index contributed by atoms with van der Waals surface area (Å²) in [5.41, 5.74) is 11.7. The number of carbonyl (C=O) groups is 2. The number of hydrogen-bond donors (Lipinski definition) is 2. The molecule has 51 heavy (non-hydrogen) atoms. The molecule has 7 aromatic rings. The lowest BCUT2D eigenvalue weighted by Crippen LogP contribution is -2.16. The molecule has 0 aliphatic carbocycles. The standard InChI is InChI=1S/C20H13F2N3O2S.C14H8BrF2N3O2S/c21-13-6-7-15(18(22)17(13)19(23)26)27-10-16-25-14-8-12(9-24-20(14)28-16)11-4-2-1-3-5-11;15-6-3-8-14(19-4-6)23-10(20-8)5-22-9-2-1-7(16)11(12(9)17)13(18)21/h1-9H,10H2,(H2,23,26);1-4H,5H2,(H2,18,21). The van der Waals surface area contributed by atoms with Crippen molar-refractivity contribution in [1.29, 1.82) is 0 Å². The van der Waals surface area contributed by atoms with Crippen LogP contribution in [0.25, 0.3) is 31.8 Å². The van der Waals surface area contributed by atoms with Crippen LogP contribution in [-0.2, 0) is 13.2 Å². The molecule has 0 saturated carbocycles. The molecule has 0 radical (unpaired) electrons. The Morgan fingerprint density at radius 3 is 1.67 bits per heavy atom. The molecule has 3 aromatic carbocycles. The number of pyridine rings is 2. The fourth-order valence-electron chi connectivity index (χ4n) is 4.64. The molecule has 4 heterocycles. The largest absolute Gasteiger partial charge is 0.483 e. The van der Waals surface area contributed by atoms with E-state index in [9.17, 15) is 27.2 Å². The summed E-state index contributed by atoms with van der Waals surface area (Å²) in [6.07, 6.45) is 3.41. The Labute approximate surface area is 301 Å². The van der Waals surface area contributed by atoms with E-state index in [1.54, 1.807) is 18.5 Å². The first-order chi connectivity index (χ1) is 24.5. The van der Waals surface area contributed by atoms with Gasteiger partial charge in [-0.2, -0.15) is 0 Å². The Balaban J connectivity index is 0.000000179. The van der Waals surface area contributed by atoms with Gasteiger partial charge in [0.15, 0.2) is 23.1 Å². The number of benzene rings is 3. The van der Waals surface area contributed by atoms with E-state index in [4.69, 9.17) is 20.9 Å². The molecule has 7 rings (SSSR count). The first-order valence-electron chi connectivity index (χ1n) is 14.5. The van der Waals surface area contributed by atoms with E-state index in [2.05, 4.69) is 35.9 Å². The van der Waals surface area contributed by atoms with E-state index in [1.165, 1.54) is 22.7 Å². The first-order valence-corrected chi connectivity index (χ1v) is 16.9. The van der Waals surface area contributed by atoms with Crippen molar-refractivity contribution in [2.75, 3.05) is 0 Å². The van der Waals surface area contributed by atoms with Gasteiger partial charge in [-0.05, 0) is 57.9 Å². The summed E-state index contributed by atoms with van der Waals surface area (Å²) in [4.78, 5) is 41.1. The number of ether oxygens (including phenoxy) is 2. The number of thiazole rings is 2. The molecule has 0 saturated heterocycles. The van der Waals surface area contributed by atoms with E-state index in [1.807, 2.05) is 36.4 Å². The van der Waals surface area contributed by atoms with E-state index in [0.29, 0.717) is 25.9 Å². The van der Waals surface area contributed by atoms with Crippen molar-refractivity contribution in [3.63, 3.8) is 0 Å². The number of nitrogens with zero attached hydrogens (tertiary/aromatic N) is 4. The fourth-order valence-corrected chi connectivity index (χ4v) is 6.56. The first kappa shape index (κ1) is 35.3. The molecule has 0 fully saturated rings. The number of carbonyl (C=O) groups excluding carboxylic acids is 2. The Hall–Kier alpha value is -5.52. The van der Waals surface area contributed by atoms with Crippen molar-refractivity contribution in [1.82, 2.24) is 19.9 Å². The number of fused-ring (bicyclic) bond motifs is 2. The number of rotatable bonds is 9. The summed E-state index contributed by atoms with van der Waals surface area (Å²) in [6, 6.07) is 17.6. The van der Waals surface area contributed by atoms with Crippen LogP contribution in [0.1, 0.15) is 30.7 Å². The van der Waals surface area contributed by atoms with Crippen LogP contribution in [0.2, 0.25) is 0 Å². The fraction of sp³-hybridized carbons (Fsp3) is 0.0588. The van der Waals surface area contributed by atoms with Gasteiger partial charge in [-0.3, -0.25) is 9.59 Å². The maximum Gasteiger partial charge on any atom is 0.254 e. The average molecular weight is 798 g/mol. The van der Waals surface area contributed by atoms with Gasteiger partial charge < -0.3 is 20.9 Å². The highest BCUT2D eigenvalue weighted by molar-refractivity contribution is 9.10. The molecule has 0 bridgehead atoms. The predicted octanol–water partition coefficient (Wildman–Crippen LogP) is 7.72. The quantitative estimate of drug-likeness (QED) is 0.141. The molecule has 0 aliphatic rings. The molecule has 10 nitrogen and oxygen atoms in total. The molecule has 0 unspecified atom stereocenters. The highest BCUT2D eigenvalue weighted by Crippen LogP contribution is 2.29. The zero-order chi connectivity index (χ0) is 36.2. The zero-order valence-electron chi connectivity index (χ0n) is 25.7. The molecule has 4 aromatic heterocycles. The number of aromatic nitrogens is 4. The van der Waals surface area contributed by atoms with Crippen LogP contribution in [0, 0.1) is 23.3 Å². The van der Waals surface area contributed by atoms with Gasteiger partial charge in [-0.25, -0.2) is 37.5 Å². The number of primary amides is 2. The number of halogens is 5. The second-order valence-corrected chi connectivity index (χ2v) is 13.4. The lowest BCUT2D eigenvalue weighted by molar-refractivity contribution is 0.0982. The molecule has 0 atom stereocenters. The van der Waals surface area contributed by atoms with Crippen molar-refractivity contribution in [2.24, 2.45) is 11.5 Å². The van der Waals surface area contributed by atoms with Crippen molar-refractivity contribution >= 4 is 71.1 Å². The van der Waals surface area contributed by atoms with Crippen LogP contribution >= 0.6 is 38.6 Å². The average Bonchev–Trinajstić information content (AvgIpc) is 3.70. The van der Waals surface area contributed by atoms with Crippen LogP contribution in [0.5, 0.6) is 11.5 Å². The third-order valence-electron chi connectivity index (χ3n) is 6.96. The van der Waals surface area contributed by atoms with Crippen LogP contribution in [0.4, 0.5) is 17.6 Å². The molecular formula is C34H21BrF4N6O4S2. The van der Waals surface area contributed by atoms with Gasteiger partial charge in [-0.1, -0.05) is 53.0 Å². The van der Waals surface area contributed by atoms with Gasteiger partial charge in [0.1, 0.15) is 66.7 Å². The van der Waals surface area contributed by atoms with Crippen LogP contribution < -0.4 is 20.9 Å². The van der Waals surface area contributed by atoms with Crippen LogP contribution in [0.15, 0.2) is 83.6 Å². The number of hydrogen-bond acceptors (Lipinski definition) is 10. The predicted molar refractivity (Wildman–Crippen MR) is 186 cm³/mol. The van der Waals surface area contributed by atoms with E-state index < -0.39 is 46.2 Å². The Morgan fingerprint density at radius 1 is 0.667 bits per heavy atom. The molecule has 2 amide bonds. The molecule has 17 heteroatoms. The summed E-state index contributed by atoms with van der Waals surface area (Å²) in [5, 5.41) is 1.13. The summed E-state index contributed by atoms with van der Waals surface area (Å²) in [6.45, 7) is -0.0954. The van der Waals surface area contributed by atoms with Gasteiger partial charge in [0.2, 0.25) is 0 Å². The van der Waals surface area contributed by atoms with E-state index in [0.717, 1.165) is 44.7 Å². The lowest BCUT2D eigenvalue weighted by atomic mass is 10.1. The van der Waals surface area contributed by atoms with E-state index in [-0.39, 0.29) is 24.7 Å². The smallest absolute Gasteiger partial charge is 0.254 e. The Morgan fingerprint density at radius 2 is 1.16 bits per heavy atom. The van der Waals surface area contributed by atoms with Crippen LogP contribution in [0.3, 0.4) is 0 Å². The molecule has 0 aliphatic heterocycles. The second kappa shape index (κ2) is 15.2. The maximum atomic E-state index is 14.2. The SMILES string of the molecule is NC(=O)c1c(F)ccc(OCc2nc3cc(-c4ccccc4)cnc3s2)c1F.NC(=O)c1c(F)ccc(OCc2nc3cc(Br)cnc3s2)c1F. The number of nitrogens with two attached hydrogens (primary N) is 2. The zero-order valence-corrected chi connectivity index (χ0v) is 28.9. The summed E-state index contributed by atoms with van der Waals surface area (Å²) < 4.78 is 66.7. The topological polar surface area (TPSA) is 156 Å². The van der Waals surface area contributed by atoms with Gasteiger partial charge in [0.05, 0.1) is 0 Å². The van der Waals surface area contributed by atoms with Gasteiger partial charge in [-0.15, -0.1) is 0 Å². The van der Waals surface area contributed by atoms with Crippen molar-refractivity contribution in [3.8, 4) is 22.6 Å². The third kappa shape index (κ3) is 7.95. The maximum absolute atomic E-state index is 14.2. The molecule has 4 N–H and O–H groups in total. The van der Waals surface area contributed by atoms with E-state index >= 15 is 0 Å². The molecule has 0 spiro atoms. The van der Waals surface area contributed by atoms with Crippen LogP contribution in [-0.4, -0.2) is 31.8 Å². The summed E-state index contributed by atoms with van der Waals surface area (Å²) in [5.74, 6) is -7.25. The normalized spacial score (nSPS) is 10.9. The summed E-state index contributed by atoms with van der Waals surface area (Å²) in [7, 11) is 0. The minimum atomic E-state index is -1.20.